The summed E-state index contributed by atoms with van der Waals surface area (Å²) in [6.07, 6.45) is 9.64. The molecule has 1 aliphatic rings. The van der Waals surface area contributed by atoms with Gasteiger partial charge in [-0.05, 0) is 32.1 Å². The van der Waals surface area contributed by atoms with Gasteiger partial charge in [0.2, 0.25) is 0 Å². The molecule has 0 aliphatic heterocycles. The van der Waals surface area contributed by atoms with Crippen molar-refractivity contribution < 1.29 is 5.11 Å². The van der Waals surface area contributed by atoms with Crippen LogP contribution in [0.1, 0.15) is 46.0 Å². The highest BCUT2D eigenvalue weighted by Crippen LogP contribution is 2.16. The predicted octanol–water partition coefficient (Wildman–Crippen LogP) is 2.24. The zero-order valence-electron chi connectivity index (χ0n) is 9.42. The number of hydrogen-bond acceptors (Lipinski definition) is 2. The summed E-state index contributed by atoms with van der Waals surface area (Å²) in [5.74, 6) is 0. The van der Waals surface area contributed by atoms with Crippen LogP contribution in [0.2, 0.25) is 0 Å². The molecule has 2 heteroatoms. The molecule has 82 valence electrons. The van der Waals surface area contributed by atoms with Crippen molar-refractivity contribution in [3.63, 3.8) is 0 Å². The molecule has 0 aromatic rings. The van der Waals surface area contributed by atoms with Crippen molar-refractivity contribution >= 4 is 0 Å². The fraction of sp³-hybridized carbons (Fsp3) is 0.833. The van der Waals surface area contributed by atoms with Gasteiger partial charge in [-0.1, -0.05) is 26.0 Å². The lowest BCUT2D eigenvalue weighted by Crippen LogP contribution is -2.44. The Morgan fingerprint density at radius 3 is 2.57 bits per heavy atom. The van der Waals surface area contributed by atoms with Crippen molar-refractivity contribution in [3.8, 4) is 0 Å². The smallest absolute Gasteiger partial charge is 0.0766 e. The van der Waals surface area contributed by atoms with Gasteiger partial charge in [-0.2, -0.15) is 0 Å². The molecule has 14 heavy (non-hydrogen) atoms. The fourth-order valence-corrected chi connectivity index (χ4v) is 1.81. The van der Waals surface area contributed by atoms with Crippen LogP contribution in [-0.2, 0) is 0 Å². The third-order valence-electron chi connectivity index (χ3n) is 3.31. The molecule has 1 rings (SSSR count). The topological polar surface area (TPSA) is 32.3 Å². The highest BCUT2D eigenvalue weighted by atomic mass is 16.3. The Labute approximate surface area is 87.4 Å². The van der Waals surface area contributed by atoms with E-state index < -0.39 is 5.60 Å². The van der Waals surface area contributed by atoms with E-state index in [1.165, 1.54) is 12.8 Å². The average molecular weight is 197 g/mol. The molecule has 2 nitrogen and oxygen atoms in total. The molecule has 0 aromatic heterocycles. The quantitative estimate of drug-likeness (QED) is 0.662. The Morgan fingerprint density at radius 1 is 1.36 bits per heavy atom. The molecule has 0 spiro atoms. The number of hydrogen-bond donors (Lipinski definition) is 2. The van der Waals surface area contributed by atoms with Gasteiger partial charge in [0, 0.05) is 12.6 Å². The highest BCUT2D eigenvalue weighted by molar-refractivity contribution is 4.94. The lowest BCUT2D eigenvalue weighted by Gasteiger charge is -2.29. The monoisotopic (exact) mass is 197 g/mol. The van der Waals surface area contributed by atoms with Crippen LogP contribution in [0.25, 0.3) is 0 Å². The van der Waals surface area contributed by atoms with Crippen LogP contribution in [0.4, 0.5) is 0 Å². The zero-order chi connectivity index (χ0) is 10.4. The maximum absolute atomic E-state index is 10.1. The van der Waals surface area contributed by atoms with Crippen LogP contribution >= 0.6 is 0 Å². The van der Waals surface area contributed by atoms with Crippen molar-refractivity contribution in [3.05, 3.63) is 12.2 Å². The average Bonchev–Trinajstić information content (AvgIpc) is 2.27. The van der Waals surface area contributed by atoms with Gasteiger partial charge >= 0.3 is 0 Å². The van der Waals surface area contributed by atoms with E-state index in [1.54, 1.807) is 0 Å². The first-order valence-electron chi connectivity index (χ1n) is 5.81. The third-order valence-corrected chi connectivity index (χ3v) is 3.31. The second-order valence-electron chi connectivity index (χ2n) is 4.29. The maximum atomic E-state index is 10.1. The Morgan fingerprint density at radius 2 is 2.07 bits per heavy atom. The van der Waals surface area contributed by atoms with Gasteiger partial charge in [0.05, 0.1) is 5.60 Å². The number of rotatable bonds is 5. The summed E-state index contributed by atoms with van der Waals surface area (Å²) in [5.41, 5.74) is -0.499. The van der Waals surface area contributed by atoms with Crippen LogP contribution in [0.15, 0.2) is 12.2 Å². The Balaban J connectivity index is 2.27. The van der Waals surface area contributed by atoms with E-state index in [0.717, 1.165) is 25.8 Å². The lowest BCUT2D eigenvalue weighted by atomic mass is 9.95. The summed E-state index contributed by atoms with van der Waals surface area (Å²) in [6.45, 7) is 4.83. The van der Waals surface area contributed by atoms with E-state index in [9.17, 15) is 5.11 Å². The lowest BCUT2D eigenvalue weighted by molar-refractivity contribution is 0.0296. The van der Waals surface area contributed by atoms with Gasteiger partial charge in [-0.3, -0.25) is 0 Å². The van der Waals surface area contributed by atoms with Gasteiger partial charge < -0.3 is 10.4 Å². The molecule has 0 fully saturated rings. The van der Waals surface area contributed by atoms with Crippen molar-refractivity contribution in [2.24, 2.45) is 0 Å². The molecule has 0 bridgehead atoms. The van der Waals surface area contributed by atoms with Crippen LogP contribution < -0.4 is 5.32 Å². The summed E-state index contributed by atoms with van der Waals surface area (Å²) < 4.78 is 0. The van der Waals surface area contributed by atoms with E-state index in [1.807, 2.05) is 13.8 Å². The largest absolute Gasteiger partial charge is 0.389 e. The van der Waals surface area contributed by atoms with Crippen LogP contribution in [0, 0.1) is 0 Å². The molecule has 0 amide bonds. The van der Waals surface area contributed by atoms with E-state index in [4.69, 9.17) is 0 Å². The predicted molar refractivity (Wildman–Crippen MR) is 60.3 cm³/mol. The van der Waals surface area contributed by atoms with Crippen LogP contribution in [0.5, 0.6) is 0 Å². The second-order valence-corrected chi connectivity index (χ2v) is 4.29. The van der Waals surface area contributed by atoms with Crippen molar-refractivity contribution in [1.82, 2.24) is 5.32 Å². The number of nitrogens with one attached hydrogen (secondary N) is 1. The van der Waals surface area contributed by atoms with Gasteiger partial charge in [0.15, 0.2) is 0 Å². The first-order chi connectivity index (χ1) is 6.70. The molecule has 0 saturated carbocycles. The molecule has 0 radical (unpaired) electrons. The minimum Gasteiger partial charge on any atom is -0.389 e. The van der Waals surface area contributed by atoms with Gasteiger partial charge in [0.1, 0.15) is 0 Å². The SMILES string of the molecule is CCC(O)(CC)CNC1CC=CCC1. The number of aliphatic hydroxyl groups is 1. The first-order valence-corrected chi connectivity index (χ1v) is 5.81. The van der Waals surface area contributed by atoms with E-state index in [0.29, 0.717) is 6.04 Å². The Kier molecular flexibility index (Phi) is 4.63. The first kappa shape index (κ1) is 11.7. The second kappa shape index (κ2) is 5.52. The summed E-state index contributed by atoms with van der Waals surface area (Å²) >= 11 is 0. The summed E-state index contributed by atoms with van der Waals surface area (Å²) in [4.78, 5) is 0. The Hall–Kier alpha value is -0.340. The van der Waals surface area contributed by atoms with Crippen molar-refractivity contribution in [2.45, 2.75) is 57.6 Å². The molecular formula is C12H23NO. The highest BCUT2D eigenvalue weighted by Gasteiger charge is 2.23. The van der Waals surface area contributed by atoms with Crippen molar-refractivity contribution in [1.29, 1.82) is 0 Å². The van der Waals surface area contributed by atoms with Crippen molar-refractivity contribution in [2.75, 3.05) is 6.54 Å². The summed E-state index contributed by atoms with van der Waals surface area (Å²) in [5, 5.41) is 13.5. The van der Waals surface area contributed by atoms with E-state index in [2.05, 4.69) is 17.5 Å². The van der Waals surface area contributed by atoms with Gasteiger partial charge in [0.25, 0.3) is 0 Å². The minimum absolute atomic E-state index is 0.499. The maximum Gasteiger partial charge on any atom is 0.0766 e. The summed E-state index contributed by atoms with van der Waals surface area (Å²) in [6, 6.07) is 0.574. The van der Waals surface area contributed by atoms with Gasteiger partial charge in [-0.25, -0.2) is 0 Å². The van der Waals surface area contributed by atoms with E-state index >= 15 is 0 Å². The Bertz CT molecular complexity index is 185. The minimum atomic E-state index is -0.499. The van der Waals surface area contributed by atoms with Crippen LogP contribution in [-0.4, -0.2) is 23.3 Å². The molecule has 2 N–H and O–H groups in total. The molecule has 0 aromatic carbocycles. The summed E-state index contributed by atoms with van der Waals surface area (Å²) in [7, 11) is 0. The standard InChI is InChI=1S/C12H23NO/c1-3-12(14,4-2)10-13-11-8-6-5-7-9-11/h5-6,11,13-14H,3-4,7-10H2,1-2H3. The molecule has 1 aliphatic carbocycles. The molecule has 1 unspecified atom stereocenters. The fourth-order valence-electron chi connectivity index (χ4n) is 1.81. The van der Waals surface area contributed by atoms with Crippen LogP contribution in [0.3, 0.4) is 0 Å². The molecule has 1 atom stereocenters. The number of allylic oxidation sites excluding steroid dienone is 1. The molecule has 0 saturated heterocycles. The molecular weight excluding hydrogens is 174 g/mol. The third kappa shape index (κ3) is 3.43. The zero-order valence-corrected chi connectivity index (χ0v) is 9.42. The van der Waals surface area contributed by atoms with Gasteiger partial charge in [-0.15, -0.1) is 0 Å². The normalized spacial score (nSPS) is 22.6. The van der Waals surface area contributed by atoms with E-state index in [-0.39, 0.29) is 0 Å². The molecule has 0 heterocycles.